The maximum Gasteiger partial charge on any atom is 0.288 e. The van der Waals surface area contributed by atoms with E-state index in [2.05, 4.69) is 9.85 Å². The van der Waals surface area contributed by atoms with E-state index in [0.29, 0.717) is 11.7 Å². The summed E-state index contributed by atoms with van der Waals surface area (Å²) in [5.74, 6) is 2.75. The minimum atomic E-state index is -0.486. The lowest BCUT2D eigenvalue weighted by Gasteiger charge is -1.94. The van der Waals surface area contributed by atoms with Crippen molar-refractivity contribution in [3.63, 3.8) is 0 Å². The molecule has 0 aliphatic carbocycles. The van der Waals surface area contributed by atoms with Gasteiger partial charge in [-0.1, -0.05) is 17.5 Å². The summed E-state index contributed by atoms with van der Waals surface area (Å²) in [6, 6.07) is 1.30. The van der Waals surface area contributed by atoms with E-state index in [1.165, 1.54) is 16.8 Å². The Kier molecular flexibility index (Phi) is 3.57. The fraction of sp³-hybridized carbons (Fsp3) is 0.143. The summed E-state index contributed by atoms with van der Waals surface area (Å²) in [5.41, 5.74) is -0.0136. The Hall–Kier alpha value is -0.740. The zero-order valence-corrected chi connectivity index (χ0v) is 9.24. The Bertz CT molecular complexity index is 391. The molecule has 68 valence electrons. The molecule has 0 amide bonds. The zero-order valence-electron chi connectivity index (χ0n) is 6.33. The lowest BCUT2D eigenvalue weighted by molar-refractivity contribution is -0.384. The maximum absolute atomic E-state index is 10.3. The Balaban J connectivity index is 2.94. The number of hydrogen-bond donors (Lipinski definition) is 0. The van der Waals surface area contributed by atoms with E-state index in [1.807, 2.05) is 22.6 Å². The predicted molar refractivity (Wildman–Crippen MR) is 57.9 cm³/mol. The minimum absolute atomic E-state index is 0.0136. The molecule has 4 nitrogen and oxygen atoms in total. The minimum Gasteiger partial charge on any atom is -0.320 e. The van der Waals surface area contributed by atoms with Crippen molar-refractivity contribution in [2.75, 3.05) is 0 Å². The number of halogens is 2. The highest BCUT2D eigenvalue weighted by atomic mass is 127. The fourth-order valence-corrected chi connectivity index (χ4v) is 1.19. The van der Waals surface area contributed by atoms with Crippen LogP contribution in [0.2, 0.25) is 5.15 Å². The molecule has 0 saturated carbocycles. The summed E-state index contributed by atoms with van der Waals surface area (Å²) in [7, 11) is 0. The molecule has 0 atom stereocenters. The van der Waals surface area contributed by atoms with Crippen LogP contribution in [0.4, 0.5) is 5.69 Å². The Morgan fingerprint density at radius 2 is 2.46 bits per heavy atom. The van der Waals surface area contributed by atoms with Crippen molar-refractivity contribution < 1.29 is 4.92 Å². The average molecular weight is 310 g/mol. The zero-order chi connectivity index (χ0) is 9.84. The second kappa shape index (κ2) is 4.48. The van der Waals surface area contributed by atoms with Gasteiger partial charge in [0.05, 0.1) is 23.7 Å². The third-order valence-electron chi connectivity index (χ3n) is 1.36. The first-order valence-corrected chi connectivity index (χ1v) is 4.69. The van der Waals surface area contributed by atoms with Crippen LogP contribution in [-0.4, -0.2) is 9.49 Å². The van der Waals surface area contributed by atoms with Crippen molar-refractivity contribution in [3.8, 4) is 9.85 Å². The van der Waals surface area contributed by atoms with Gasteiger partial charge < -0.3 is 4.57 Å². The molecule has 1 aromatic rings. The molecule has 1 aromatic heterocycles. The van der Waals surface area contributed by atoms with E-state index in [-0.39, 0.29) is 5.69 Å². The monoisotopic (exact) mass is 310 g/mol. The molecule has 1 rings (SSSR count). The summed E-state index contributed by atoms with van der Waals surface area (Å²) in [4.78, 5) is 9.85. The third kappa shape index (κ3) is 2.60. The Morgan fingerprint density at radius 1 is 1.77 bits per heavy atom. The van der Waals surface area contributed by atoms with Crippen LogP contribution in [0, 0.1) is 20.0 Å². The van der Waals surface area contributed by atoms with E-state index >= 15 is 0 Å². The second-order valence-electron chi connectivity index (χ2n) is 2.18. The second-order valence-corrected chi connectivity index (χ2v) is 3.10. The van der Waals surface area contributed by atoms with E-state index in [1.54, 1.807) is 0 Å². The number of rotatable bonds is 2. The number of aromatic nitrogens is 1. The molecule has 0 bridgehead atoms. The van der Waals surface area contributed by atoms with Crippen LogP contribution in [0.1, 0.15) is 0 Å². The van der Waals surface area contributed by atoms with Gasteiger partial charge in [0.2, 0.25) is 0 Å². The smallest absolute Gasteiger partial charge is 0.288 e. The van der Waals surface area contributed by atoms with Crippen molar-refractivity contribution in [2.24, 2.45) is 0 Å². The summed E-state index contributed by atoms with van der Waals surface area (Å²) >= 11 is 7.61. The van der Waals surface area contributed by atoms with Gasteiger partial charge in [0.15, 0.2) is 0 Å². The summed E-state index contributed by atoms with van der Waals surface area (Å²) in [5, 5.41) is 10.7. The molecule has 0 N–H and O–H groups in total. The summed E-state index contributed by atoms with van der Waals surface area (Å²) in [6.07, 6.45) is 1.36. The highest BCUT2D eigenvalue weighted by molar-refractivity contribution is 14.1. The molecule has 0 fully saturated rings. The molecule has 0 aromatic carbocycles. The van der Waals surface area contributed by atoms with Crippen molar-refractivity contribution in [3.05, 3.63) is 27.5 Å². The van der Waals surface area contributed by atoms with Gasteiger partial charge in [0.25, 0.3) is 5.69 Å². The van der Waals surface area contributed by atoms with E-state index in [9.17, 15) is 10.1 Å². The predicted octanol–water partition coefficient (Wildman–Crippen LogP) is 2.45. The van der Waals surface area contributed by atoms with Crippen molar-refractivity contribution in [1.82, 2.24) is 4.57 Å². The Morgan fingerprint density at radius 3 is 2.92 bits per heavy atom. The van der Waals surface area contributed by atoms with Gasteiger partial charge in [-0.15, -0.1) is 0 Å². The van der Waals surface area contributed by atoms with Crippen LogP contribution in [0.3, 0.4) is 0 Å². The number of nitro groups is 1. The van der Waals surface area contributed by atoms with Gasteiger partial charge in [-0.2, -0.15) is 0 Å². The molecule has 0 aliphatic rings. The maximum atomic E-state index is 10.3. The number of nitrogens with zero attached hydrogens (tertiary/aromatic N) is 2. The molecular formula is C7H4ClIN2O2. The van der Waals surface area contributed by atoms with Crippen molar-refractivity contribution >= 4 is 39.9 Å². The van der Waals surface area contributed by atoms with E-state index < -0.39 is 4.92 Å². The molecule has 0 aliphatic heterocycles. The first kappa shape index (κ1) is 10.3. The normalized spacial score (nSPS) is 9.08. The molecule has 6 heteroatoms. The van der Waals surface area contributed by atoms with Crippen LogP contribution in [-0.2, 0) is 6.54 Å². The number of hydrogen-bond acceptors (Lipinski definition) is 2. The topological polar surface area (TPSA) is 48.1 Å². The molecule has 0 unspecified atom stereocenters. The fourth-order valence-electron chi connectivity index (χ4n) is 0.800. The highest BCUT2D eigenvalue weighted by Gasteiger charge is 2.11. The molecule has 1 heterocycles. The molecule has 0 radical (unpaired) electrons. The van der Waals surface area contributed by atoms with Crippen LogP contribution in [0.5, 0.6) is 0 Å². The quantitative estimate of drug-likeness (QED) is 0.364. The first-order chi connectivity index (χ1) is 6.15. The molecule has 13 heavy (non-hydrogen) atoms. The lowest BCUT2D eigenvalue weighted by atomic mass is 10.6. The van der Waals surface area contributed by atoms with Crippen LogP contribution in [0.25, 0.3) is 0 Å². The van der Waals surface area contributed by atoms with Gasteiger partial charge >= 0.3 is 0 Å². The third-order valence-corrected chi connectivity index (χ3v) is 2.06. The van der Waals surface area contributed by atoms with Crippen molar-refractivity contribution in [1.29, 1.82) is 0 Å². The standard InChI is InChI=1S/C7H4ClIN2O2/c8-7-4-6(11(12)13)5-10(7)3-1-2-9/h4-5H,3H2. The van der Waals surface area contributed by atoms with E-state index in [4.69, 9.17) is 11.6 Å². The molecule has 0 saturated heterocycles. The highest BCUT2D eigenvalue weighted by Crippen LogP contribution is 2.20. The molecule has 0 spiro atoms. The van der Waals surface area contributed by atoms with Crippen LogP contribution >= 0.6 is 34.2 Å². The average Bonchev–Trinajstić information content (AvgIpc) is 2.44. The van der Waals surface area contributed by atoms with Gasteiger partial charge in [0, 0.05) is 22.6 Å². The van der Waals surface area contributed by atoms with Gasteiger partial charge in [-0.3, -0.25) is 10.1 Å². The van der Waals surface area contributed by atoms with Crippen LogP contribution < -0.4 is 0 Å². The summed E-state index contributed by atoms with van der Waals surface area (Å²) in [6.45, 7) is 0.371. The summed E-state index contributed by atoms with van der Waals surface area (Å²) < 4.78 is 4.17. The van der Waals surface area contributed by atoms with Gasteiger partial charge in [-0.05, 0) is 3.93 Å². The Labute approximate surface area is 93.2 Å². The largest absolute Gasteiger partial charge is 0.320 e. The van der Waals surface area contributed by atoms with E-state index in [0.717, 1.165) is 0 Å². The van der Waals surface area contributed by atoms with Gasteiger partial charge in [-0.25, -0.2) is 0 Å². The van der Waals surface area contributed by atoms with Gasteiger partial charge in [0.1, 0.15) is 5.15 Å². The molecular weight excluding hydrogens is 306 g/mol. The van der Waals surface area contributed by atoms with Crippen molar-refractivity contribution in [2.45, 2.75) is 6.54 Å². The van der Waals surface area contributed by atoms with Crippen LogP contribution in [0.15, 0.2) is 12.3 Å². The first-order valence-electron chi connectivity index (χ1n) is 3.23. The SMILES string of the molecule is O=[N+]([O-])c1cc(Cl)n(CC#CI)c1. The lowest BCUT2D eigenvalue weighted by Crippen LogP contribution is -1.92.